The molecule has 5 amide bonds. The van der Waals surface area contributed by atoms with Crippen molar-refractivity contribution in [1.29, 1.82) is 0 Å². The molecule has 0 saturated heterocycles. The molecule has 38 heavy (non-hydrogen) atoms. The second-order valence-corrected chi connectivity index (χ2v) is 10.4. The number of nitrogens with zero attached hydrogens (tertiary/aromatic N) is 2. The first-order valence-electron chi connectivity index (χ1n) is 13.1. The molecular formula is C25H38N6O7. The highest BCUT2D eigenvalue weighted by Crippen LogP contribution is 2.27. The largest absolute Gasteiger partial charge is 0.391 e. The van der Waals surface area contributed by atoms with Gasteiger partial charge in [-0.15, -0.1) is 0 Å². The maximum Gasteiger partial charge on any atom is 0.274 e. The minimum absolute atomic E-state index is 0.0354. The minimum atomic E-state index is -1.39. The van der Waals surface area contributed by atoms with E-state index in [0.717, 1.165) is 25.7 Å². The van der Waals surface area contributed by atoms with Crippen molar-refractivity contribution < 1.29 is 33.6 Å². The molecular weight excluding hydrogens is 496 g/mol. The number of fused-ring (bicyclic) bond motifs is 2. The summed E-state index contributed by atoms with van der Waals surface area (Å²) in [7, 11) is 0. The quantitative estimate of drug-likeness (QED) is 0.342. The van der Waals surface area contributed by atoms with Crippen LogP contribution in [0.2, 0.25) is 0 Å². The molecule has 2 heterocycles. The number of hydrogen-bond acceptors (Lipinski definition) is 8. The highest BCUT2D eigenvalue weighted by atomic mass is 16.5. The number of nitrogens with one attached hydrogen (secondary N) is 4. The molecule has 3 rings (SSSR count). The molecule has 0 radical (unpaired) electrons. The first kappa shape index (κ1) is 29.1. The van der Waals surface area contributed by atoms with Crippen LogP contribution in [0.25, 0.3) is 0 Å². The number of aliphatic hydroxyl groups is 1. The molecule has 2 aliphatic rings. The molecule has 1 aliphatic carbocycles. The van der Waals surface area contributed by atoms with Crippen LogP contribution < -0.4 is 21.3 Å². The van der Waals surface area contributed by atoms with Crippen molar-refractivity contribution in [3.63, 3.8) is 0 Å². The summed E-state index contributed by atoms with van der Waals surface area (Å²) in [6.07, 6.45) is 2.22. The van der Waals surface area contributed by atoms with Crippen molar-refractivity contribution in [2.75, 3.05) is 13.1 Å². The van der Waals surface area contributed by atoms with Crippen LogP contribution in [0, 0.1) is 11.8 Å². The number of carbonyl (C=O) groups excluding carboxylic acids is 5. The summed E-state index contributed by atoms with van der Waals surface area (Å²) in [5, 5.41) is 24.2. The van der Waals surface area contributed by atoms with Crippen LogP contribution in [0.5, 0.6) is 0 Å². The Balaban J connectivity index is 1.89. The lowest BCUT2D eigenvalue weighted by Gasteiger charge is -2.27. The molecule has 1 aromatic heterocycles. The number of amides is 5. The Morgan fingerprint density at radius 2 is 1.71 bits per heavy atom. The highest BCUT2D eigenvalue weighted by molar-refractivity contribution is 5.98. The Hall–Kier alpha value is -3.48. The maximum atomic E-state index is 13.2. The lowest BCUT2D eigenvalue weighted by molar-refractivity contribution is -0.137. The first-order chi connectivity index (χ1) is 18.0. The Labute approximate surface area is 221 Å². The molecule has 0 spiro atoms. The second kappa shape index (κ2) is 12.9. The molecule has 1 saturated carbocycles. The van der Waals surface area contributed by atoms with Gasteiger partial charge in [0.1, 0.15) is 18.1 Å². The fraction of sp³-hybridized carbons (Fsp3) is 0.680. The predicted octanol–water partition coefficient (Wildman–Crippen LogP) is -0.552. The van der Waals surface area contributed by atoms with Gasteiger partial charge in [-0.2, -0.15) is 0 Å². The molecule has 4 atom stereocenters. The van der Waals surface area contributed by atoms with E-state index in [1.165, 1.54) is 19.9 Å². The van der Waals surface area contributed by atoms with Gasteiger partial charge in [0.05, 0.1) is 12.6 Å². The summed E-state index contributed by atoms with van der Waals surface area (Å²) < 4.78 is 5.31. The van der Waals surface area contributed by atoms with E-state index < -0.39 is 47.9 Å². The lowest BCUT2D eigenvalue weighted by atomic mass is 10.0. The van der Waals surface area contributed by atoms with Crippen LogP contribution in [0.15, 0.2) is 10.6 Å². The number of carbonyl (C=O) groups is 5. The summed E-state index contributed by atoms with van der Waals surface area (Å²) in [5.41, 5.74) is -0.133. The lowest BCUT2D eigenvalue weighted by Crippen LogP contribution is -2.58. The Bertz CT molecular complexity index is 1030. The van der Waals surface area contributed by atoms with Crippen LogP contribution >= 0.6 is 0 Å². The van der Waals surface area contributed by atoms with Gasteiger partial charge in [0.15, 0.2) is 11.5 Å². The average Bonchev–Trinajstić information content (AvgIpc) is 3.56. The molecule has 13 nitrogen and oxygen atoms in total. The monoisotopic (exact) mass is 534 g/mol. The average molecular weight is 535 g/mol. The van der Waals surface area contributed by atoms with Crippen molar-refractivity contribution in [3.05, 3.63) is 17.5 Å². The van der Waals surface area contributed by atoms with Crippen LogP contribution in [-0.4, -0.2) is 82.0 Å². The van der Waals surface area contributed by atoms with Crippen molar-refractivity contribution >= 4 is 29.5 Å². The van der Waals surface area contributed by atoms with E-state index in [1.807, 2.05) is 0 Å². The highest BCUT2D eigenvalue weighted by Gasteiger charge is 2.33. The third-order valence-electron chi connectivity index (χ3n) is 6.89. The number of aliphatic hydroxyl groups excluding tert-OH is 1. The SMILES string of the molecule is CC(C)[C@@H]1NC(=O)[C@H](C)NC(=O)[C@H]([C@@H](C)O)NC(=O)c2cc(on2)CN(C(=O)C2CCCC2)CCNC1=O. The zero-order chi connectivity index (χ0) is 28.0. The van der Waals surface area contributed by atoms with E-state index in [-0.39, 0.29) is 48.8 Å². The molecule has 1 aliphatic heterocycles. The Morgan fingerprint density at radius 1 is 1.03 bits per heavy atom. The van der Waals surface area contributed by atoms with Gasteiger partial charge in [0.25, 0.3) is 5.91 Å². The fourth-order valence-electron chi connectivity index (χ4n) is 4.61. The van der Waals surface area contributed by atoms with Gasteiger partial charge in [-0.25, -0.2) is 0 Å². The van der Waals surface area contributed by atoms with Gasteiger partial charge in [-0.3, -0.25) is 24.0 Å². The van der Waals surface area contributed by atoms with E-state index in [9.17, 15) is 29.1 Å². The predicted molar refractivity (Wildman–Crippen MR) is 134 cm³/mol. The van der Waals surface area contributed by atoms with Gasteiger partial charge in [0, 0.05) is 25.1 Å². The number of hydrogen-bond donors (Lipinski definition) is 5. The minimum Gasteiger partial charge on any atom is -0.391 e. The van der Waals surface area contributed by atoms with Gasteiger partial charge >= 0.3 is 0 Å². The summed E-state index contributed by atoms with van der Waals surface area (Å²) in [6.45, 7) is 6.66. The van der Waals surface area contributed by atoms with E-state index in [0.29, 0.717) is 0 Å². The molecule has 5 N–H and O–H groups in total. The van der Waals surface area contributed by atoms with E-state index >= 15 is 0 Å². The summed E-state index contributed by atoms with van der Waals surface area (Å²) in [6, 6.07) is -1.97. The zero-order valence-corrected chi connectivity index (χ0v) is 22.3. The van der Waals surface area contributed by atoms with Crippen LogP contribution in [0.3, 0.4) is 0 Å². The van der Waals surface area contributed by atoms with Gasteiger partial charge < -0.3 is 35.8 Å². The van der Waals surface area contributed by atoms with E-state index in [2.05, 4.69) is 26.4 Å². The van der Waals surface area contributed by atoms with Crippen LogP contribution in [0.1, 0.15) is 69.6 Å². The fourth-order valence-corrected chi connectivity index (χ4v) is 4.61. The molecule has 0 aromatic carbocycles. The van der Waals surface area contributed by atoms with Crippen molar-refractivity contribution in [2.45, 2.75) is 84.2 Å². The molecule has 210 valence electrons. The van der Waals surface area contributed by atoms with Crippen molar-refractivity contribution in [3.8, 4) is 0 Å². The van der Waals surface area contributed by atoms with Gasteiger partial charge in [0.2, 0.25) is 23.6 Å². The molecule has 13 heteroatoms. The zero-order valence-electron chi connectivity index (χ0n) is 22.3. The second-order valence-electron chi connectivity index (χ2n) is 10.4. The summed E-state index contributed by atoms with van der Waals surface area (Å²) in [5.74, 6) is -2.78. The first-order valence-corrected chi connectivity index (χ1v) is 13.1. The van der Waals surface area contributed by atoms with Crippen molar-refractivity contribution in [1.82, 2.24) is 31.3 Å². The third-order valence-corrected chi connectivity index (χ3v) is 6.89. The maximum absolute atomic E-state index is 13.2. The Morgan fingerprint density at radius 3 is 2.34 bits per heavy atom. The topological polar surface area (TPSA) is 183 Å². The molecule has 1 aromatic rings. The molecule has 1 fully saturated rings. The number of rotatable bonds is 3. The van der Waals surface area contributed by atoms with Gasteiger partial charge in [-0.1, -0.05) is 31.8 Å². The standard InChI is InChI=1S/C25H38N6O7/c1-13(2)19-23(35)26-9-10-31(25(37)16-7-5-6-8-16)12-17-11-18(30-38-17)22(34)29-20(15(4)32)24(36)27-14(3)21(33)28-19/h11,13-16,19-20,32H,5-10,12H2,1-4H3,(H,26,35)(H,27,36)(H,28,33)(H,29,34)/t14-,15+,19-,20-/m0/s1. The van der Waals surface area contributed by atoms with Crippen LogP contribution in [-0.2, 0) is 25.7 Å². The van der Waals surface area contributed by atoms with Crippen molar-refractivity contribution in [2.24, 2.45) is 11.8 Å². The smallest absolute Gasteiger partial charge is 0.274 e. The Kier molecular flexibility index (Phi) is 9.84. The normalized spacial score (nSPS) is 25.6. The molecule has 2 bridgehead atoms. The third kappa shape index (κ3) is 7.30. The van der Waals surface area contributed by atoms with E-state index in [4.69, 9.17) is 4.52 Å². The number of aromatic nitrogens is 1. The summed E-state index contributed by atoms with van der Waals surface area (Å²) in [4.78, 5) is 66.1. The van der Waals surface area contributed by atoms with Crippen LogP contribution in [0.4, 0.5) is 0 Å². The summed E-state index contributed by atoms with van der Waals surface area (Å²) >= 11 is 0. The molecule has 0 unspecified atom stereocenters. The van der Waals surface area contributed by atoms with E-state index in [1.54, 1.807) is 18.7 Å². The van der Waals surface area contributed by atoms with Gasteiger partial charge in [-0.05, 0) is 32.6 Å².